The predicted molar refractivity (Wildman–Crippen MR) is 155 cm³/mol. The van der Waals surface area contributed by atoms with E-state index in [-0.39, 0.29) is 23.8 Å². The SMILES string of the molecule is CC[C@@H]1CCCCN1CCN1C(=O)[C@@H]2[C@H](C(=O)Nc3cccc(OC)c3)[C@@H]3C=C[C@@]2(O3)[C@@H]1C(=O)NC1CCCCC1. The molecule has 1 aromatic rings. The highest BCUT2D eigenvalue weighted by molar-refractivity contribution is 6.02. The number of likely N-dealkylation sites (tertiary alicyclic amines) is 2. The summed E-state index contributed by atoms with van der Waals surface area (Å²) in [6.07, 6.45) is 13.2. The van der Waals surface area contributed by atoms with Crippen molar-refractivity contribution in [2.45, 2.75) is 94.5 Å². The van der Waals surface area contributed by atoms with E-state index in [4.69, 9.17) is 9.47 Å². The maximum absolute atomic E-state index is 14.3. The summed E-state index contributed by atoms with van der Waals surface area (Å²) in [5.74, 6) is -1.41. The van der Waals surface area contributed by atoms with Gasteiger partial charge in [-0.25, -0.2) is 0 Å². The van der Waals surface area contributed by atoms with Crippen molar-refractivity contribution in [1.29, 1.82) is 0 Å². The Balaban J connectivity index is 1.27. The summed E-state index contributed by atoms with van der Waals surface area (Å²) in [5, 5.41) is 6.26. The summed E-state index contributed by atoms with van der Waals surface area (Å²) in [4.78, 5) is 46.3. The molecule has 4 fully saturated rings. The van der Waals surface area contributed by atoms with E-state index >= 15 is 0 Å². The second-order valence-electron chi connectivity index (χ2n) is 12.4. The number of benzene rings is 1. The van der Waals surface area contributed by atoms with Crippen molar-refractivity contribution in [1.82, 2.24) is 15.1 Å². The molecule has 0 aromatic heterocycles. The lowest BCUT2D eigenvalue weighted by atomic mass is 9.74. The molecule has 2 bridgehead atoms. The Labute approximate surface area is 243 Å². The fraction of sp³-hybridized carbons (Fsp3) is 0.656. The molecule has 0 radical (unpaired) electrons. The minimum Gasteiger partial charge on any atom is -0.497 e. The minimum absolute atomic E-state index is 0.116. The number of methoxy groups -OCH3 is 1. The lowest BCUT2D eigenvalue weighted by Gasteiger charge is -2.38. The second kappa shape index (κ2) is 11.8. The van der Waals surface area contributed by atoms with E-state index in [1.54, 1.807) is 24.1 Å². The lowest BCUT2D eigenvalue weighted by Crippen LogP contribution is -2.57. The Bertz CT molecular complexity index is 1180. The largest absolute Gasteiger partial charge is 0.497 e. The molecule has 1 aliphatic carbocycles. The number of amides is 3. The van der Waals surface area contributed by atoms with Crippen LogP contribution in [0.25, 0.3) is 0 Å². The van der Waals surface area contributed by atoms with E-state index in [0.29, 0.717) is 30.6 Å². The molecular weight excluding hydrogens is 520 g/mol. The summed E-state index contributed by atoms with van der Waals surface area (Å²) in [7, 11) is 1.58. The zero-order valence-electron chi connectivity index (χ0n) is 24.3. The third-order valence-corrected chi connectivity index (χ3v) is 10.1. The number of anilines is 1. The highest BCUT2D eigenvalue weighted by Gasteiger charge is 2.72. The Morgan fingerprint density at radius 2 is 1.88 bits per heavy atom. The van der Waals surface area contributed by atoms with Crippen LogP contribution >= 0.6 is 0 Å². The fourth-order valence-corrected chi connectivity index (χ4v) is 8.01. The van der Waals surface area contributed by atoms with Gasteiger partial charge in [0.05, 0.1) is 25.0 Å². The molecule has 4 aliphatic heterocycles. The van der Waals surface area contributed by atoms with Gasteiger partial charge in [-0.3, -0.25) is 19.3 Å². The molecule has 6 rings (SSSR count). The smallest absolute Gasteiger partial charge is 0.246 e. The third-order valence-electron chi connectivity index (χ3n) is 10.1. The van der Waals surface area contributed by atoms with Gasteiger partial charge in [0, 0.05) is 36.9 Å². The molecule has 1 saturated carbocycles. The number of piperidine rings is 1. The lowest BCUT2D eigenvalue weighted by molar-refractivity contribution is -0.141. The first-order chi connectivity index (χ1) is 19.9. The number of nitrogens with one attached hydrogen (secondary N) is 2. The van der Waals surface area contributed by atoms with Gasteiger partial charge in [0.2, 0.25) is 17.7 Å². The monoisotopic (exact) mass is 564 g/mol. The van der Waals surface area contributed by atoms with Crippen molar-refractivity contribution in [3.8, 4) is 5.75 Å². The number of fused-ring (bicyclic) bond motifs is 1. The molecule has 1 spiro atoms. The summed E-state index contributed by atoms with van der Waals surface area (Å²) >= 11 is 0. The van der Waals surface area contributed by atoms with Crippen molar-refractivity contribution in [2.24, 2.45) is 11.8 Å². The summed E-state index contributed by atoms with van der Waals surface area (Å²) < 4.78 is 11.8. The minimum atomic E-state index is -1.14. The molecule has 9 nitrogen and oxygen atoms in total. The molecular formula is C32H44N4O5. The van der Waals surface area contributed by atoms with Crippen LogP contribution in [0.1, 0.15) is 64.7 Å². The number of hydrogen-bond acceptors (Lipinski definition) is 6. The zero-order valence-corrected chi connectivity index (χ0v) is 24.3. The topological polar surface area (TPSA) is 100 Å². The zero-order chi connectivity index (χ0) is 28.6. The average molecular weight is 565 g/mol. The van der Waals surface area contributed by atoms with E-state index in [0.717, 1.165) is 45.1 Å². The van der Waals surface area contributed by atoms with Crippen molar-refractivity contribution in [3.63, 3.8) is 0 Å². The van der Waals surface area contributed by atoms with Gasteiger partial charge < -0.3 is 25.0 Å². The van der Waals surface area contributed by atoms with Crippen LogP contribution < -0.4 is 15.4 Å². The van der Waals surface area contributed by atoms with Crippen LogP contribution in [0.15, 0.2) is 36.4 Å². The van der Waals surface area contributed by atoms with Crippen LogP contribution in [-0.2, 0) is 19.1 Å². The fourth-order valence-electron chi connectivity index (χ4n) is 8.01. The van der Waals surface area contributed by atoms with Crippen LogP contribution in [0, 0.1) is 11.8 Å². The van der Waals surface area contributed by atoms with Crippen molar-refractivity contribution >= 4 is 23.4 Å². The number of rotatable bonds is 9. The number of nitrogens with zero attached hydrogens (tertiary/aromatic N) is 2. The predicted octanol–water partition coefficient (Wildman–Crippen LogP) is 3.50. The number of carbonyl (C=O) groups is 3. The van der Waals surface area contributed by atoms with Crippen LogP contribution in [0.2, 0.25) is 0 Å². The molecule has 5 aliphatic rings. The molecule has 6 atom stereocenters. The Hall–Kier alpha value is -2.91. The molecule has 41 heavy (non-hydrogen) atoms. The van der Waals surface area contributed by atoms with Crippen LogP contribution in [-0.4, -0.2) is 84.1 Å². The maximum Gasteiger partial charge on any atom is 0.246 e. The van der Waals surface area contributed by atoms with E-state index < -0.39 is 29.6 Å². The second-order valence-corrected chi connectivity index (χ2v) is 12.4. The standard InChI is InChI=1S/C32H44N4O5/c1-3-23-13-7-8-17-35(23)18-19-36-28(30(38)33-21-10-5-4-6-11-21)32-16-15-25(41-32)26(27(32)31(36)39)29(37)34-22-12-9-14-24(20-22)40-2/h9,12,14-16,20-21,23,25-28H,3-8,10-11,13,17-19H2,1-2H3,(H,33,38)(H,34,37)/t23-,25+,26-,27+,28+,32+/m1/s1. The third kappa shape index (κ3) is 5.16. The van der Waals surface area contributed by atoms with E-state index in [2.05, 4.69) is 22.5 Å². The van der Waals surface area contributed by atoms with Gasteiger partial charge in [-0.1, -0.05) is 50.8 Å². The first-order valence-corrected chi connectivity index (χ1v) is 15.6. The van der Waals surface area contributed by atoms with Gasteiger partial charge in [0.15, 0.2) is 0 Å². The Morgan fingerprint density at radius 1 is 1.07 bits per heavy atom. The van der Waals surface area contributed by atoms with Crippen LogP contribution in [0.3, 0.4) is 0 Å². The van der Waals surface area contributed by atoms with Gasteiger partial charge in [0.1, 0.15) is 17.4 Å². The first-order valence-electron chi connectivity index (χ1n) is 15.6. The maximum atomic E-state index is 14.3. The quantitative estimate of drug-likeness (QED) is 0.446. The van der Waals surface area contributed by atoms with E-state index in [1.165, 1.54) is 19.3 Å². The number of carbonyl (C=O) groups excluding carboxylic acids is 3. The normalized spacial score (nSPS) is 33.2. The van der Waals surface area contributed by atoms with Gasteiger partial charge in [-0.15, -0.1) is 0 Å². The molecule has 1 aromatic carbocycles. The molecule has 3 saturated heterocycles. The summed E-state index contributed by atoms with van der Waals surface area (Å²) in [6.45, 7) is 4.39. The highest BCUT2D eigenvalue weighted by Crippen LogP contribution is 2.55. The molecule has 4 heterocycles. The van der Waals surface area contributed by atoms with E-state index in [9.17, 15) is 14.4 Å². The van der Waals surface area contributed by atoms with Crippen LogP contribution in [0.4, 0.5) is 5.69 Å². The highest BCUT2D eigenvalue weighted by atomic mass is 16.5. The van der Waals surface area contributed by atoms with Crippen molar-refractivity contribution in [3.05, 3.63) is 36.4 Å². The van der Waals surface area contributed by atoms with E-state index in [1.807, 2.05) is 24.3 Å². The Morgan fingerprint density at radius 3 is 2.66 bits per heavy atom. The van der Waals surface area contributed by atoms with Crippen molar-refractivity contribution < 1.29 is 23.9 Å². The molecule has 2 N–H and O–H groups in total. The average Bonchev–Trinajstić information content (AvgIpc) is 3.64. The van der Waals surface area contributed by atoms with Crippen molar-refractivity contribution in [2.75, 3.05) is 32.1 Å². The van der Waals surface area contributed by atoms with Crippen LogP contribution in [0.5, 0.6) is 5.75 Å². The van der Waals surface area contributed by atoms with Gasteiger partial charge >= 0.3 is 0 Å². The van der Waals surface area contributed by atoms with Gasteiger partial charge in [-0.2, -0.15) is 0 Å². The molecule has 222 valence electrons. The number of ether oxygens (including phenoxy) is 2. The summed E-state index contributed by atoms with van der Waals surface area (Å²) in [6, 6.07) is 7.00. The van der Waals surface area contributed by atoms with Gasteiger partial charge in [-0.05, 0) is 50.8 Å². The summed E-state index contributed by atoms with van der Waals surface area (Å²) in [5.41, 5.74) is -0.539. The Kier molecular flexibility index (Phi) is 8.10. The first kappa shape index (κ1) is 28.2. The molecule has 3 amide bonds. The molecule has 0 unspecified atom stereocenters. The number of hydrogen-bond donors (Lipinski definition) is 2. The molecule has 9 heteroatoms. The van der Waals surface area contributed by atoms with Gasteiger partial charge in [0.25, 0.3) is 0 Å².